The first-order valence-electron chi connectivity index (χ1n) is 6.50. The second kappa shape index (κ2) is 6.62. The van der Waals surface area contributed by atoms with Gasteiger partial charge in [-0.05, 0) is 32.0 Å². The van der Waals surface area contributed by atoms with Crippen LogP contribution in [0.25, 0.3) is 0 Å². The Bertz CT molecular complexity index is 566. The molecule has 0 aliphatic carbocycles. The van der Waals surface area contributed by atoms with E-state index in [0.717, 1.165) is 11.3 Å². The van der Waals surface area contributed by atoms with Crippen molar-refractivity contribution in [1.82, 2.24) is 0 Å². The van der Waals surface area contributed by atoms with Crippen LogP contribution in [-0.2, 0) is 6.54 Å². The molecule has 0 heterocycles. The van der Waals surface area contributed by atoms with Gasteiger partial charge in [0.1, 0.15) is 11.6 Å². The van der Waals surface area contributed by atoms with E-state index in [4.69, 9.17) is 16.3 Å². The van der Waals surface area contributed by atoms with Gasteiger partial charge in [0, 0.05) is 12.1 Å². The van der Waals surface area contributed by atoms with Crippen LogP contribution < -0.4 is 10.1 Å². The molecule has 0 aromatic heterocycles. The summed E-state index contributed by atoms with van der Waals surface area (Å²) in [6, 6.07) is 12.3. The van der Waals surface area contributed by atoms with E-state index < -0.39 is 0 Å². The SMILES string of the molecule is CC(C)Oc1ccccc1CNc1c(F)cccc1Cl. The van der Waals surface area contributed by atoms with Gasteiger partial charge in [-0.2, -0.15) is 0 Å². The molecular formula is C16H17ClFNO. The maximum absolute atomic E-state index is 13.7. The highest BCUT2D eigenvalue weighted by Crippen LogP contribution is 2.27. The van der Waals surface area contributed by atoms with Gasteiger partial charge in [0.15, 0.2) is 0 Å². The van der Waals surface area contributed by atoms with E-state index in [2.05, 4.69) is 5.32 Å². The smallest absolute Gasteiger partial charge is 0.147 e. The second-order valence-corrected chi connectivity index (χ2v) is 5.13. The van der Waals surface area contributed by atoms with Gasteiger partial charge in [-0.25, -0.2) is 4.39 Å². The fourth-order valence-corrected chi connectivity index (χ4v) is 2.10. The average molecular weight is 294 g/mol. The van der Waals surface area contributed by atoms with Gasteiger partial charge < -0.3 is 10.1 Å². The third-order valence-electron chi connectivity index (χ3n) is 2.75. The lowest BCUT2D eigenvalue weighted by Crippen LogP contribution is -2.09. The molecule has 0 unspecified atom stereocenters. The van der Waals surface area contributed by atoms with Gasteiger partial charge in [0.25, 0.3) is 0 Å². The Morgan fingerprint density at radius 3 is 2.60 bits per heavy atom. The van der Waals surface area contributed by atoms with Gasteiger partial charge in [-0.3, -0.25) is 0 Å². The summed E-state index contributed by atoms with van der Waals surface area (Å²) >= 11 is 5.99. The van der Waals surface area contributed by atoms with Crippen LogP contribution in [0, 0.1) is 5.82 Å². The lowest BCUT2D eigenvalue weighted by Gasteiger charge is -2.15. The Hall–Kier alpha value is -1.74. The molecule has 4 heteroatoms. The molecule has 0 fully saturated rings. The molecule has 0 atom stereocenters. The Labute approximate surface area is 123 Å². The summed E-state index contributed by atoms with van der Waals surface area (Å²) in [5, 5.41) is 3.39. The van der Waals surface area contributed by atoms with Crippen LogP contribution in [0.4, 0.5) is 10.1 Å². The highest BCUT2D eigenvalue weighted by Gasteiger charge is 2.09. The standard InChI is InChI=1S/C16H17ClFNO/c1-11(2)20-15-9-4-3-6-12(15)10-19-16-13(17)7-5-8-14(16)18/h3-9,11,19H,10H2,1-2H3. The zero-order chi connectivity index (χ0) is 14.5. The van der Waals surface area contributed by atoms with E-state index in [9.17, 15) is 4.39 Å². The van der Waals surface area contributed by atoms with Crippen LogP contribution in [0.1, 0.15) is 19.4 Å². The first-order chi connectivity index (χ1) is 9.58. The molecule has 2 aromatic rings. The summed E-state index contributed by atoms with van der Waals surface area (Å²) in [7, 11) is 0. The Morgan fingerprint density at radius 2 is 1.90 bits per heavy atom. The van der Waals surface area contributed by atoms with Crippen molar-refractivity contribution in [1.29, 1.82) is 0 Å². The number of ether oxygens (including phenoxy) is 1. The third kappa shape index (κ3) is 3.64. The molecule has 0 amide bonds. The quantitative estimate of drug-likeness (QED) is 0.848. The molecule has 106 valence electrons. The largest absolute Gasteiger partial charge is 0.491 e. The van der Waals surface area contributed by atoms with E-state index in [0.29, 0.717) is 17.3 Å². The maximum Gasteiger partial charge on any atom is 0.147 e. The number of nitrogens with one attached hydrogen (secondary N) is 1. The lowest BCUT2D eigenvalue weighted by molar-refractivity contribution is 0.240. The van der Waals surface area contributed by atoms with Gasteiger partial charge in [0.05, 0.1) is 16.8 Å². The van der Waals surface area contributed by atoms with Crippen LogP contribution in [0.2, 0.25) is 5.02 Å². The summed E-state index contributed by atoms with van der Waals surface area (Å²) in [4.78, 5) is 0. The summed E-state index contributed by atoms with van der Waals surface area (Å²) in [6.07, 6.45) is 0.0909. The molecule has 0 radical (unpaired) electrons. The molecule has 0 bridgehead atoms. The normalized spacial score (nSPS) is 10.7. The van der Waals surface area contributed by atoms with Crippen LogP contribution in [0.5, 0.6) is 5.75 Å². The van der Waals surface area contributed by atoms with Crippen molar-refractivity contribution in [3.05, 3.63) is 58.9 Å². The molecule has 0 spiro atoms. The molecule has 0 saturated heterocycles. The van der Waals surface area contributed by atoms with Crippen molar-refractivity contribution >= 4 is 17.3 Å². The molecule has 0 saturated carbocycles. The molecule has 1 N–H and O–H groups in total. The topological polar surface area (TPSA) is 21.3 Å². The van der Waals surface area contributed by atoms with Crippen molar-refractivity contribution in [2.24, 2.45) is 0 Å². The van der Waals surface area contributed by atoms with Crippen molar-refractivity contribution in [2.45, 2.75) is 26.5 Å². The number of halogens is 2. The van der Waals surface area contributed by atoms with Crippen LogP contribution in [-0.4, -0.2) is 6.10 Å². The van der Waals surface area contributed by atoms with Gasteiger partial charge in [0.2, 0.25) is 0 Å². The number of hydrogen-bond donors (Lipinski definition) is 1. The Balaban J connectivity index is 2.15. The van der Waals surface area contributed by atoms with E-state index in [1.54, 1.807) is 12.1 Å². The lowest BCUT2D eigenvalue weighted by atomic mass is 10.2. The highest BCUT2D eigenvalue weighted by atomic mass is 35.5. The zero-order valence-corrected chi connectivity index (χ0v) is 12.2. The molecular weight excluding hydrogens is 277 g/mol. The van der Waals surface area contributed by atoms with Crippen LogP contribution in [0.3, 0.4) is 0 Å². The second-order valence-electron chi connectivity index (χ2n) is 4.72. The van der Waals surface area contributed by atoms with Crippen LogP contribution >= 0.6 is 11.6 Å². The summed E-state index contributed by atoms with van der Waals surface area (Å²) < 4.78 is 19.4. The predicted molar refractivity (Wildman–Crippen MR) is 80.9 cm³/mol. The van der Waals surface area contributed by atoms with Crippen LogP contribution in [0.15, 0.2) is 42.5 Å². The Kier molecular flexibility index (Phi) is 4.85. The number of benzene rings is 2. The fraction of sp³-hybridized carbons (Fsp3) is 0.250. The summed E-state index contributed by atoms with van der Waals surface area (Å²) in [5.74, 6) is 0.433. The first kappa shape index (κ1) is 14.7. The van der Waals surface area contributed by atoms with Crippen molar-refractivity contribution < 1.29 is 9.13 Å². The monoisotopic (exact) mass is 293 g/mol. The van der Waals surface area contributed by atoms with Crippen molar-refractivity contribution in [2.75, 3.05) is 5.32 Å². The molecule has 20 heavy (non-hydrogen) atoms. The van der Waals surface area contributed by atoms with E-state index in [-0.39, 0.29) is 11.9 Å². The molecule has 0 aliphatic rings. The number of anilines is 1. The summed E-state index contributed by atoms with van der Waals surface area (Å²) in [6.45, 7) is 4.39. The minimum atomic E-state index is -0.361. The van der Waals surface area contributed by atoms with E-state index in [1.165, 1.54) is 6.07 Å². The zero-order valence-electron chi connectivity index (χ0n) is 11.5. The molecule has 0 aliphatic heterocycles. The van der Waals surface area contributed by atoms with Crippen molar-refractivity contribution in [3.63, 3.8) is 0 Å². The Morgan fingerprint density at radius 1 is 1.15 bits per heavy atom. The molecule has 2 nitrogen and oxygen atoms in total. The number of para-hydroxylation sites is 2. The summed E-state index contributed by atoms with van der Waals surface area (Å²) in [5.41, 5.74) is 1.27. The molecule has 2 rings (SSSR count). The van der Waals surface area contributed by atoms with Gasteiger partial charge >= 0.3 is 0 Å². The highest BCUT2D eigenvalue weighted by molar-refractivity contribution is 6.33. The predicted octanol–water partition coefficient (Wildman–Crippen LogP) is 4.88. The third-order valence-corrected chi connectivity index (χ3v) is 3.07. The minimum absolute atomic E-state index is 0.0909. The van der Waals surface area contributed by atoms with E-state index >= 15 is 0 Å². The maximum atomic E-state index is 13.7. The van der Waals surface area contributed by atoms with Gasteiger partial charge in [-0.15, -0.1) is 0 Å². The number of rotatable bonds is 5. The van der Waals surface area contributed by atoms with Crippen molar-refractivity contribution in [3.8, 4) is 5.75 Å². The minimum Gasteiger partial charge on any atom is -0.491 e. The average Bonchev–Trinajstić information content (AvgIpc) is 2.39. The van der Waals surface area contributed by atoms with E-state index in [1.807, 2.05) is 38.1 Å². The number of hydrogen-bond acceptors (Lipinski definition) is 2. The first-order valence-corrected chi connectivity index (χ1v) is 6.88. The molecule has 2 aromatic carbocycles. The fourth-order valence-electron chi connectivity index (χ4n) is 1.87. The van der Waals surface area contributed by atoms with Gasteiger partial charge in [-0.1, -0.05) is 35.9 Å².